The van der Waals surface area contributed by atoms with E-state index < -0.39 is 6.04 Å². The molecule has 0 spiro atoms. The number of amides is 2. The first-order chi connectivity index (χ1) is 26.9. The minimum absolute atomic E-state index is 0.0414. The summed E-state index contributed by atoms with van der Waals surface area (Å²) >= 11 is 18.0. The fourth-order valence-electron chi connectivity index (χ4n) is 6.65. The number of hydrogen-bond donors (Lipinski definition) is 3. The molecule has 1 aliphatic carbocycles. The smallest absolute Gasteiger partial charge is 0.242 e. The minimum Gasteiger partial charge on any atom is -0.350 e. The zero-order chi connectivity index (χ0) is 39.9. The maximum absolute atomic E-state index is 12.7. The Bertz CT molecular complexity index is 2620. The summed E-state index contributed by atoms with van der Waals surface area (Å²) in [5.41, 5.74) is 5.49. The molecular weight excluding hydrogens is 771 g/mol. The molecule has 56 heavy (non-hydrogen) atoms. The maximum Gasteiger partial charge on any atom is 0.242 e. The van der Waals surface area contributed by atoms with Gasteiger partial charge in [0.1, 0.15) is 35.1 Å². The second-order valence-electron chi connectivity index (χ2n) is 13.5. The fraction of sp³-hybridized carbons (Fsp3) is 0.244. The number of aromatic nitrogens is 6. The first kappa shape index (κ1) is 39.8. The number of nitrogens with zero attached hydrogens (tertiary/aromatic N) is 7. The highest BCUT2D eigenvalue weighted by molar-refractivity contribution is 6.36. The third-order valence-corrected chi connectivity index (χ3v) is 10.5. The van der Waals surface area contributed by atoms with E-state index in [0.29, 0.717) is 44.3 Å². The lowest BCUT2D eigenvalue weighted by Crippen LogP contribution is -2.46. The van der Waals surface area contributed by atoms with Crippen molar-refractivity contribution in [1.29, 1.82) is 10.5 Å². The van der Waals surface area contributed by atoms with Crippen molar-refractivity contribution in [3.05, 3.63) is 123 Å². The molecular formula is C41H37Cl3N10O2. The van der Waals surface area contributed by atoms with Crippen LogP contribution in [0.1, 0.15) is 54.4 Å². The van der Waals surface area contributed by atoms with Crippen LogP contribution in [0.3, 0.4) is 0 Å². The van der Waals surface area contributed by atoms with E-state index in [2.05, 4.69) is 42.7 Å². The molecule has 2 amide bonds. The standard InChI is InChI=1S/C24H27ClN4O2.C9H6ClN3.C8H4ClN3/c1-15(28-24(31)19-9-8-18(11-19)17-6-4-3-5-7-17)23(30)27-13-16-10-20-21(25)14-29(2)22(20)26-12-16;1-13-5-8(10)7-2-6(3-11)4-12-9(7)13;9-7-4-12-8-6(7)1-5(2-10)3-11-8/h3-7,10,12,14-15,18-19H,8-9,11,13H2,1-2H3,(H,27,30)(H,28,31);2,4-5H,1H3;1,3-4H,(H,11,12)/t15-,18+,19+;;/m0../s1. The van der Waals surface area contributed by atoms with Gasteiger partial charge in [0.15, 0.2) is 0 Å². The van der Waals surface area contributed by atoms with Gasteiger partial charge in [-0.15, -0.1) is 0 Å². The van der Waals surface area contributed by atoms with Crippen LogP contribution in [0.2, 0.25) is 15.1 Å². The largest absolute Gasteiger partial charge is 0.350 e. The lowest BCUT2D eigenvalue weighted by molar-refractivity contribution is -0.130. The molecule has 1 fully saturated rings. The van der Waals surface area contributed by atoms with E-state index in [-0.39, 0.29) is 17.7 Å². The van der Waals surface area contributed by atoms with Gasteiger partial charge in [-0.25, -0.2) is 15.0 Å². The second-order valence-corrected chi connectivity index (χ2v) is 14.8. The second kappa shape index (κ2) is 17.7. The topological polar surface area (TPSA) is 170 Å². The molecule has 1 aliphatic rings. The van der Waals surface area contributed by atoms with E-state index in [0.717, 1.165) is 52.3 Å². The van der Waals surface area contributed by atoms with E-state index >= 15 is 0 Å². The lowest BCUT2D eigenvalue weighted by atomic mass is 9.96. The molecule has 7 aromatic rings. The summed E-state index contributed by atoms with van der Waals surface area (Å²) in [7, 11) is 3.76. The SMILES string of the molecule is C[C@H](NC(=O)[C@@H]1CC[C@@H](c2ccccc2)C1)C(=O)NCc1cnc2c(c1)c(Cl)cn2C.Cn1cc(Cl)c2cc(C#N)cnc21.N#Cc1cnc2[nH]cc(Cl)c2c1. The number of fused-ring (bicyclic) bond motifs is 3. The number of pyridine rings is 3. The molecule has 0 bridgehead atoms. The van der Waals surface area contributed by atoms with Crippen molar-refractivity contribution < 1.29 is 9.59 Å². The Kier molecular flexibility index (Phi) is 12.6. The van der Waals surface area contributed by atoms with Gasteiger partial charge in [0.05, 0.1) is 26.2 Å². The van der Waals surface area contributed by atoms with Gasteiger partial charge in [0, 0.05) is 79.9 Å². The van der Waals surface area contributed by atoms with Crippen LogP contribution in [0.25, 0.3) is 33.1 Å². The normalized spacial score (nSPS) is 15.2. The molecule has 15 heteroatoms. The van der Waals surface area contributed by atoms with Crippen molar-refractivity contribution in [2.24, 2.45) is 20.0 Å². The van der Waals surface area contributed by atoms with E-state index in [9.17, 15) is 9.59 Å². The van der Waals surface area contributed by atoms with E-state index in [1.807, 2.05) is 65.8 Å². The first-order valence-corrected chi connectivity index (χ1v) is 18.8. The Morgan fingerprint density at radius 2 is 1.46 bits per heavy atom. The Morgan fingerprint density at radius 3 is 2.12 bits per heavy atom. The van der Waals surface area contributed by atoms with Crippen molar-refractivity contribution in [2.45, 2.75) is 44.7 Å². The number of hydrogen-bond acceptors (Lipinski definition) is 7. The van der Waals surface area contributed by atoms with Gasteiger partial charge in [0.25, 0.3) is 0 Å². The lowest BCUT2D eigenvalue weighted by Gasteiger charge is -2.17. The molecule has 1 saturated carbocycles. The Morgan fingerprint density at radius 1 is 0.857 bits per heavy atom. The number of rotatable bonds is 6. The van der Waals surface area contributed by atoms with Crippen molar-refractivity contribution in [2.75, 3.05) is 0 Å². The predicted molar refractivity (Wildman–Crippen MR) is 218 cm³/mol. The van der Waals surface area contributed by atoms with Crippen LogP contribution in [0, 0.1) is 28.6 Å². The Hall–Kier alpha value is -5.92. The van der Waals surface area contributed by atoms with Crippen LogP contribution in [0.5, 0.6) is 0 Å². The third-order valence-electron chi connectivity index (χ3n) is 9.62. The molecule has 0 radical (unpaired) electrons. The first-order valence-electron chi connectivity index (χ1n) is 17.7. The van der Waals surface area contributed by atoms with Crippen molar-refractivity contribution in [1.82, 2.24) is 39.7 Å². The van der Waals surface area contributed by atoms with Crippen LogP contribution in [0.4, 0.5) is 0 Å². The number of H-pyrrole nitrogens is 1. The van der Waals surface area contributed by atoms with Gasteiger partial charge in [-0.05, 0) is 61.4 Å². The summed E-state index contributed by atoms with van der Waals surface area (Å²) in [4.78, 5) is 40.6. The fourth-order valence-corrected chi connectivity index (χ4v) is 7.42. The van der Waals surface area contributed by atoms with Crippen LogP contribution in [-0.2, 0) is 30.2 Å². The number of nitriles is 2. The molecule has 3 atom stereocenters. The number of carbonyl (C=O) groups excluding carboxylic acids is 2. The summed E-state index contributed by atoms with van der Waals surface area (Å²) in [5.74, 6) is 0.103. The average molecular weight is 808 g/mol. The summed E-state index contributed by atoms with van der Waals surface area (Å²) in [5, 5.41) is 27.3. The quantitative estimate of drug-likeness (QED) is 0.152. The molecule has 6 heterocycles. The molecule has 0 unspecified atom stereocenters. The van der Waals surface area contributed by atoms with E-state index in [4.69, 9.17) is 45.3 Å². The van der Waals surface area contributed by atoms with Crippen LogP contribution < -0.4 is 10.6 Å². The highest BCUT2D eigenvalue weighted by Gasteiger charge is 2.32. The molecule has 12 nitrogen and oxygen atoms in total. The van der Waals surface area contributed by atoms with Gasteiger partial charge < -0.3 is 24.8 Å². The monoisotopic (exact) mass is 806 g/mol. The van der Waals surface area contributed by atoms with Crippen LogP contribution in [0.15, 0.2) is 85.7 Å². The summed E-state index contributed by atoms with van der Waals surface area (Å²) in [6.45, 7) is 2.04. The molecule has 8 rings (SSSR count). The number of aryl methyl sites for hydroxylation is 2. The summed E-state index contributed by atoms with van der Waals surface area (Å²) in [6, 6.07) is 19.1. The number of aromatic amines is 1. The molecule has 0 aliphatic heterocycles. The molecule has 3 N–H and O–H groups in total. The van der Waals surface area contributed by atoms with Crippen molar-refractivity contribution in [3.8, 4) is 12.1 Å². The third kappa shape index (κ3) is 9.12. The highest BCUT2D eigenvalue weighted by atomic mass is 35.5. The van der Waals surface area contributed by atoms with Crippen molar-refractivity contribution >= 4 is 79.7 Å². The van der Waals surface area contributed by atoms with Crippen LogP contribution in [-0.4, -0.2) is 46.9 Å². The minimum atomic E-state index is -0.597. The number of benzene rings is 1. The summed E-state index contributed by atoms with van der Waals surface area (Å²) in [6.07, 6.45) is 12.7. The van der Waals surface area contributed by atoms with E-state index in [1.54, 1.807) is 43.8 Å². The molecule has 284 valence electrons. The summed E-state index contributed by atoms with van der Waals surface area (Å²) < 4.78 is 3.70. The van der Waals surface area contributed by atoms with Gasteiger partial charge in [-0.3, -0.25) is 9.59 Å². The van der Waals surface area contributed by atoms with Crippen molar-refractivity contribution in [3.63, 3.8) is 0 Å². The molecule has 6 aromatic heterocycles. The number of carbonyl (C=O) groups is 2. The highest BCUT2D eigenvalue weighted by Crippen LogP contribution is 2.38. The predicted octanol–water partition coefficient (Wildman–Crippen LogP) is 8.12. The molecule has 0 saturated heterocycles. The zero-order valence-corrected chi connectivity index (χ0v) is 33.0. The number of nitrogens with one attached hydrogen (secondary N) is 3. The van der Waals surface area contributed by atoms with Gasteiger partial charge in [-0.2, -0.15) is 10.5 Å². The Labute approximate surface area is 338 Å². The van der Waals surface area contributed by atoms with Gasteiger partial charge >= 0.3 is 0 Å². The maximum atomic E-state index is 12.7. The number of halogens is 3. The van der Waals surface area contributed by atoms with Gasteiger partial charge in [-0.1, -0.05) is 65.1 Å². The molecule has 1 aromatic carbocycles. The average Bonchev–Trinajstić information content (AvgIpc) is 3.99. The van der Waals surface area contributed by atoms with E-state index in [1.165, 1.54) is 11.8 Å². The Balaban J connectivity index is 0.000000173. The van der Waals surface area contributed by atoms with Crippen LogP contribution >= 0.6 is 34.8 Å². The van der Waals surface area contributed by atoms with Gasteiger partial charge in [0.2, 0.25) is 11.8 Å². The zero-order valence-electron chi connectivity index (χ0n) is 30.7.